The standard InChI is InChI=1S/C18H20F2N2O3S/c19-15-7-5-14(6-8-15)17(22-9-11-25-12-10-22)13-21-26(23,24)18-4-2-1-3-16(18)20/h1-8,17,21H,9-13H2/t17-/m1/s1. The Morgan fingerprint density at radius 1 is 1.04 bits per heavy atom. The van der Waals surface area contributed by atoms with Crippen molar-refractivity contribution in [1.29, 1.82) is 0 Å². The zero-order chi connectivity index (χ0) is 18.6. The Morgan fingerprint density at radius 2 is 1.69 bits per heavy atom. The van der Waals surface area contributed by atoms with Gasteiger partial charge in [-0.05, 0) is 29.8 Å². The Bertz CT molecular complexity index is 838. The number of nitrogens with one attached hydrogen (secondary N) is 1. The van der Waals surface area contributed by atoms with Crippen molar-refractivity contribution >= 4 is 10.0 Å². The molecule has 0 unspecified atom stereocenters. The van der Waals surface area contributed by atoms with E-state index in [0.717, 1.165) is 11.6 Å². The first-order valence-electron chi connectivity index (χ1n) is 8.29. The number of ether oxygens (including phenoxy) is 1. The summed E-state index contributed by atoms with van der Waals surface area (Å²) in [7, 11) is -4.00. The summed E-state index contributed by atoms with van der Waals surface area (Å²) in [5.74, 6) is -1.16. The molecule has 0 aromatic heterocycles. The monoisotopic (exact) mass is 382 g/mol. The van der Waals surface area contributed by atoms with Crippen LogP contribution in [0.5, 0.6) is 0 Å². The van der Waals surface area contributed by atoms with Crippen molar-refractivity contribution in [2.45, 2.75) is 10.9 Å². The van der Waals surface area contributed by atoms with E-state index in [0.29, 0.717) is 26.3 Å². The average molecular weight is 382 g/mol. The van der Waals surface area contributed by atoms with Crippen LogP contribution in [0.2, 0.25) is 0 Å². The number of nitrogens with zero attached hydrogens (tertiary/aromatic N) is 1. The van der Waals surface area contributed by atoms with Crippen LogP contribution in [0.3, 0.4) is 0 Å². The number of hydrogen-bond donors (Lipinski definition) is 1. The van der Waals surface area contributed by atoms with Crippen molar-refractivity contribution in [3.8, 4) is 0 Å². The summed E-state index contributed by atoms with van der Waals surface area (Å²) in [6.45, 7) is 2.38. The van der Waals surface area contributed by atoms with Crippen molar-refractivity contribution in [3.63, 3.8) is 0 Å². The van der Waals surface area contributed by atoms with E-state index in [1.54, 1.807) is 12.1 Å². The van der Waals surface area contributed by atoms with Crippen molar-refractivity contribution in [2.24, 2.45) is 0 Å². The normalized spacial score (nSPS) is 17.2. The van der Waals surface area contributed by atoms with Crippen LogP contribution in [-0.2, 0) is 14.8 Å². The summed E-state index contributed by atoms with van der Waals surface area (Å²) >= 11 is 0. The molecule has 1 heterocycles. The molecule has 0 saturated carbocycles. The number of hydrogen-bond acceptors (Lipinski definition) is 4. The van der Waals surface area contributed by atoms with Crippen LogP contribution < -0.4 is 4.72 Å². The van der Waals surface area contributed by atoms with Gasteiger partial charge >= 0.3 is 0 Å². The van der Waals surface area contributed by atoms with Crippen molar-refractivity contribution in [2.75, 3.05) is 32.8 Å². The molecule has 3 rings (SSSR count). The smallest absolute Gasteiger partial charge is 0.243 e. The summed E-state index contributed by atoms with van der Waals surface area (Å²) < 4.78 is 59.9. The predicted octanol–water partition coefficient (Wildman–Crippen LogP) is 2.32. The summed E-state index contributed by atoms with van der Waals surface area (Å²) in [6, 6.07) is 10.9. The lowest BCUT2D eigenvalue weighted by Crippen LogP contribution is -2.43. The molecule has 1 atom stereocenters. The maximum atomic E-state index is 13.8. The van der Waals surface area contributed by atoms with E-state index in [2.05, 4.69) is 9.62 Å². The van der Waals surface area contributed by atoms with Crippen LogP contribution in [0.15, 0.2) is 53.4 Å². The van der Waals surface area contributed by atoms with Gasteiger partial charge in [0.05, 0.1) is 13.2 Å². The molecule has 1 aliphatic rings. The van der Waals surface area contributed by atoms with Gasteiger partial charge < -0.3 is 4.74 Å². The van der Waals surface area contributed by atoms with E-state index in [4.69, 9.17) is 4.74 Å². The highest BCUT2D eigenvalue weighted by Crippen LogP contribution is 2.23. The topological polar surface area (TPSA) is 58.6 Å². The van der Waals surface area contributed by atoms with Gasteiger partial charge in [0.15, 0.2) is 0 Å². The highest BCUT2D eigenvalue weighted by Gasteiger charge is 2.26. The minimum atomic E-state index is -4.00. The summed E-state index contributed by atoms with van der Waals surface area (Å²) in [6.07, 6.45) is 0. The number of rotatable bonds is 6. The second kappa shape index (κ2) is 8.22. The first-order valence-corrected chi connectivity index (χ1v) is 9.77. The average Bonchev–Trinajstić information content (AvgIpc) is 2.64. The third kappa shape index (κ3) is 4.45. The van der Waals surface area contributed by atoms with Crippen LogP contribution in [0.1, 0.15) is 11.6 Å². The molecular formula is C18H20F2N2O3S. The maximum absolute atomic E-state index is 13.8. The van der Waals surface area contributed by atoms with Gasteiger partial charge in [0.1, 0.15) is 16.5 Å². The Hall–Kier alpha value is -1.87. The summed E-state index contributed by atoms with van der Waals surface area (Å²) in [5.41, 5.74) is 0.782. The van der Waals surface area contributed by atoms with Gasteiger partial charge in [-0.2, -0.15) is 0 Å². The molecule has 8 heteroatoms. The zero-order valence-corrected chi connectivity index (χ0v) is 14.9. The molecule has 26 heavy (non-hydrogen) atoms. The van der Waals surface area contributed by atoms with Crippen molar-refractivity contribution < 1.29 is 21.9 Å². The molecule has 2 aromatic carbocycles. The Morgan fingerprint density at radius 3 is 2.35 bits per heavy atom. The molecule has 0 spiro atoms. The van der Waals surface area contributed by atoms with Crippen LogP contribution >= 0.6 is 0 Å². The number of sulfonamides is 1. The Labute approximate surface area is 151 Å². The SMILES string of the molecule is O=S(=O)(NC[C@H](c1ccc(F)cc1)N1CCOCC1)c1ccccc1F. The van der Waals surface area contributed by atoms with Gasteiger partial charge in [0, 0.05) is 25.7 Å². The molecule has 0 amide bonds. The lowest BCUT2D eigenvalue weighted by Gasteiger charge is -2.34. The van der Waals surface area contributed by atoms with Crippen LogP contribution in [0, 0.1) is 11.6 Å². The zero-order valence-electron chi connectivity index (χ0n) is 14.1. The number of morpholine rings is 1. The second-order valence-corrected chi connectivity index (χ2v) is 7.73. The largest absolute Gasteiger partial charge is 0.379 e. The van der Waals surface area contributed by atoms with E-state index >= 15 is 0 Å². The first-order chi connectivity index (χ1) is 12.5. The number of benzene rings is 2. The first kappa shape index (κ1) is 18.9. The maximum Gasteiger partial charge on any atom is 0.243 e. The fraction of sp³-hybridized carbons (Fsp3) is 0.333. The molecule has 1 N–H and O–H groups in total. The lowest BCUT2D eigenvalue weighted by molar-refractivity contribution is 0.0172. The summed E-state index contributed by atoms with van der Waals surface area (Å²) in [5, 5.41) is 0. The molecule has 5 nitrogen and oxygen atoms in total. The molecule has 1 saturated heterocycles. The Balaban J connectivity index is 1.81. The molecular weight excluding hydrogens is 362 g/mol. The van der Waals surface area contributed by atoms with Gasteiger partial charge in [-0.3, -0.25) is 4.90 Å². The number of halogens is 2. The third-order valence-corrected chi connectivity index (χ3v) is 5.79. The Kier molecular flexibility index (Phi) is 5.98. The van der Waals surface area contributed by atoms with Crippen molar-refractivity contribution in [1.82, 2.24) is 9.62 Å². The van der Waals surface area contributed by atoms with Gasteiger partial charge in [-0.25, -0.2) is 21.9 Å². The van der Waals surface area contributed by atoms with E-state index in [1.807, 2.05) is 0 Å². The molecule has 0 radical (unpaired) electrons. The fourth-order valence-corrected chi connectivity index (χ4v) is 4.08. The van der Waals surface area contributed by atoms with Gasteiger partial charge in [0.2, 0.25) is 10.0 Å². The third-order valence-electron chi connectivity index (χ3n) is 4.33. The molecule has 0 bridgehead atoms. The fourth-order valence-electron chi connectivity index (χ4n) is 2.96. The minimum absolute atomic E-state index is 0.0439. The van der Waals surface area contributed by atoms with Crippen LogP contribution in [-0.4, -0.2) is 46.2 Å². The molecule has 1 aliphatic heterocycles. The van der Waals surface area contributed by atoms with Crippen LogP contribution in [0.25, 0.3) is 0 Å². The predicted molar refractivity (Wildman–Crippen MR) is 93.1 cm³/mol. The van der Waals surface area contributed by atoms with Crippen LogP contribution in [0.4, 0.5) is 8.78 Å². The molecule has 140 valence electrons. The lowest BCUT2D eigenvalue weighted by atomic mass is 10.0. The highest BCUT2D eigenvalue weighted by atomic mass is 32.2. The highest BCUT2D eigenvalue weighted by molar-refractivity contribution is 7.89. The van der Waals surface area contributed by atoms with E-state index in [1.165, 1.54) is 30.3 Å². The van der Waals surface area contributed by atoms with Crippen molar-refractivity contribution in [3.05, 3.63) is 65.7 Å². The second-order valence-electron chi connectivity index (χ2n) is 6.00. The molecule has 1 fully saturated rings. The van der Waals surface area contributed by atoms with E-state index in [-0.39, 0.29) is 23.3 Å². The summed E-state index contributed by atoms with van der Waals surface area (Å²) in [4.78, 5) is 1.68. The van der Waals surface area contributed by atoms with E-state index in [9.17, 15) is 17.2 Å². The minimum Gasteiger partial charge on any atom is -0.379 e. The molecule has 0 aliphatic carbocycles. The van der Waals surface area contributed by atoms with Gasteiger partial charge in [-0.1, -0.05) is 24.3 Å². The molecule has 2 aromatic rings. The van der Waals surface area contributed by atoms with Gasteiger partial charge in [-0.15, -0.1) is 0 Å². The quantitative estimate of drug-likeness (QED) is 0.833. The van der Waals surface area contributed by atoms with E-state index < -0.39 is 15.8 Å². The van der Waals surface area contributed by atoms with Gasteiger partial charge in [0.25, 0.3) is 0 Å².